The summed E-state index contributed by atoms with van der Waals surface area (Å²) in [6, 6.07) is 13.3. The number of carboxylic acid groups (broad SMARTS) is 1. The predicted molar refractivity (Wildman–Crippen MR) is 121 cm³/mol. The van der Waals surface area contributed by atoms with E-state index >= 15 is 0 Å². The van der Waals surface area contributed by atoms with Crippen LogP contribution in [0.2, 0.25) is 0 Å². The molecule has 0 radical (unpaired) electrons. The van der Waals surface area contributed by atoms with Gasteiger partial charge in [0.15, 0.2) is 0 Å². The van der Waals surface area contributed by atoms with Gasteiger partial charge < -0.3 is 15.2 Å². The molecule has 0 saturated carbocycles. The molecule has 2 N–H and O–H groups in total. The van der Waals surface area contributed by atoms with Crippen molar-refractivity contribution in [3.05, 3.63) is 59.4 Å². The van der Waals surface area contributed by atoms with Crippen LogP contribution >= 0.6 is 0 Å². The quantitative estimate of drug-likeness (QED) is 0.344. The molecule has 2 aromatic carbocycles. The SMILES string of the molecule is CCCCCNC(=O)N(C)c1ccc(C)c(-c2ccc(/C=C(\OC)C(=O)O)cc2)c1. The van der Waals surface area contributed by atoms with Gasteiger partial charge in [-0.25, -0.2) is 9.59 Å². The molecule has 0 saturated heterocycles. The van der Waals surface area contributed by atoms with Crippen molar-refractivity contribution in [3.8, 4) is 11.1 Å². The number of hydrogen-bond acceptors (Lipinski definition) is 3. The lowest BCUT2D eigenvalue weighted by atomic mass is 9.98. The third-order valence-corrected chi connectivity index (χ3v) is 4.92. The number of hydrogen-bond donors (Lipinski definition) is 2. The fraction of sp³-hybridized carbons (Fsp3) is 0.333. The van der Waals surface area contributed by atoms with Gasteiger partial charge in [0.2, 0.25) is 5.76 Å². The maximum atomic E-state index is 12.4. The largest absolute Gasteiger partial charge is 0.490 e. The molecule has 0 aliphatic heterocycles. The molecular weight excluding hydrogens is 380 g/mol. The van der Waals surface area contributed by atoms with E-state index in [2.05, 4.69) is 12.2 Å². The molecule has 0 heterocycles. The average molecular weight is 411 g/mol. The van der Waals surface area contributed by atoms with Crippen LogP contribution in [0.3, 0.4) is 0 Å². The molecule has 0 aliphatic carbocycles. The van der Waals surface area contributed by atoms with Crippen LogP contribution in [0.1, 0.15) is 37.3 Å². The minimum Gasteiger partial charge on any atom is -0.490 e. The van der Waals surface area contributed by atoms with Crippen LogP contribution < -0.4 is 10.2 Å². The van der Waals surface area contributed by atoms with Gasteiger partial charge in [0, 0.05) is 19.3 Å². The molecule has 0 bridgehead atoms. The zero-order chi connectivity index (χ0) is 22.1. The first-order valence-electron chi connectivity index (χ1n) is 10.1. The minimum absolute atomic E-state index is 0.118. The molecule has 0 aromatic heterocycles. The van der Waals surface area contributed by atoms with Crippen molar-refractivity contribution in [2.24, 2.45) is 0 Å². The third-order valence-electron chi connectivity index (χ3n) is 4.92. The molecule has 160 valence electrons. The van der Waals surface area contributed by atoms with Gasteiger partial charge >= 0.3 is 12.0 Å². The molecule has 2 rings (SSSR count). The van der Waals surface area contributed by atoms with Gasteiger partial charge in [0.25, 0.3) is 0 Å². The summed E-state index contributed by atoms with van der Waals surface area (Å²) < 4.78 is 4.87. The van der Waals surface area contributed by atoms with Gasteiger partial charge in [-0.05, 0) is 53.8 Å². The summed E-state index contributed by atoms with van der Waals surface area (Å²) in [5.74, 6) is -1.23. The van der Waals surface area contributed by atoms with Gasteiger partial charge in [-0.3, -0.25) is 4.90 Å². The number of nitrogens with one attached hydrogen (secondary N) is 1. The highest BCUT2D eigenvalue weighted by molar-refractivity contribution is 5.92. The monoisotopic (exact) mass is 410 g/mol. The Kier molecular flexibility index (Phi) is 8.47. The lowest BCUT2D eigenvalue weighted by Gasteiger charge is -2.20. The van der Waals surface area contributed by atoms with E-state index in [-0.39, 0.29) is 11.8 Å². The Morgan fingerprint density at radius 3 is 2.43 bits per heavy atom. The fourth-order valence-corrected chi connectivity index (χ4v) is 3.05. The number of carbonyl (C=O) groups excluding carboxylic acids is 1. The van der Waals surface area contributed by atoms with Crippen LogP contribution in [0.5, 0.6) is 0 Å². The molecule has 0 spiro atoms. The number of anilines is 1. The van der Waals surface area contributed by atoms with Crippen molar-refractivity contribution in [2.75, 3.05) is 25.6 Å². The smallest absolute Gasteiger partial charge is 0.371 e. The van der Waals surface area contributed by atoms with Crippen molar-refractivity contribution in [3.63, 3.8) is 0 Å². The van der Waals surface area contributed by atoms with Gasteiger partial charge in [-0.2, -0.15) is 0 Å². The van der Waals surface area contributed by atoms with E-state index in [1.165, 1.54) is 13.2 Å². The third kappa shape index (κ3) is 6.11. The van der Waals surface area contributed by atoms with Crippen molar-refractivity contribution < 1.29 is 19.4 Å². The molecule has 6 nitrogen and oxygen atoms in total. The summed E-state index contributed by atoms with van der Waals surface area (Å²) in [5.41, 5.74) is 4.62. The van der Waals surface area contributed by atoms with Crippen molar-refractivity contribution in [1.29, 1.82) is 0 Å². The Morgan fingerprint density at radius 2 is 1.83 bits per heavy atom. The summed E-state index contributed by atoms with van der Waals surface area (Å²) in [4.78, 5) is 25.1. The van der Waals surface area contributed by atoms with Crippen molar-refractivity contribution in [2.45, 2.75) is 33.1 Å². The molecule has 2 aromatic rings. The summed E-state index contributed by atoms with van der Waals surface area (Å²) >= 11 is 0. The minimum atomic E-state index is -1.11. The first kappa shape index (κ1) is 23.0. The zero-order valence-corrected chi connectivity index (χ0v) is 18.1. The maximum absolute atomic E-state index is 12.4. The second-order valence-corrected chi connectivity index (χ2v) is 7.14. The summed E-state index contributed by atoms with van der Waals surface area (Å²) in [5, 5.41) is 12.0. The van der Waals surface area contributed by atoms with Crippen LogP contribution in [0.15, 0.2) is 48.2 Å². The van der Waals surface area contributed by atoms with Crippen molar-refractivity contribution in [1.82, 2.24) is 5.32 Å². The number of carboxylic acids is 1. The van der Waals surface area contributed by atoms with Crippen LogP contribution in [0.25, 0.3) is 17.2 Å². The Morgan fingerprint density at radius 1 is 1.13 bits per heavy atom. The molecule has 0 atom stereocenters. The highest BCUT2D eigenvalue weighted by atomic mass is 16.5. The number of urea groups is 1. The molecule has 30 heavy (non-hydrogen) atoms. The second-order valence-electron chi connectivity index (χ2n) is 7.14. The lowest BCUT2D eigenvalue weighted by molar-refractivity contribution is -0.135. The standard InChI is InChI=1S/C24H30N2O4/c1-5-6-7-14-25-24(29)26(3)20-13-8-17(2)21(16-20)19-11-9-18(10-12-19)15-22(30-4)23(27)28/h8-13,15-16H,5-7,14H2,1-4H3,(H,25,29)(H,27,28)/b22-15-. The first-order chi connectivity index (χ1) is 14.4. The van der Waals surface area contributed by atoms with Crippen LogP contribution in [-0.2, 0) is 9.53 Å². The number of aryl methyl sites for hydroxylation is 1. The normalized spacial score (nSPS) is 11.1. The topological polar surface area (TPSA) is 78.9 Å². The Bertz CT molecular complexity index is 904. The summed E-state index contributed by atoms with van der Waals surface area (Å²) in [6.45, 7) is 4.82. The number of methoxy groups -OCH3 is 1. The van der Waals surface area contributed by atoms with Gasteiger partial charge in [-0.1, -0.05) is 50.1 Å². The second kappa shape index (κ2) is 11.0. The van der Waals surface area contributed by atoms with Gasteiger partial charge in [-0.15, -0.1) is 0 Å². The summed E-state index contributed by atoms with van der Waals surface area (Å²) in [7, 11) is 3.09. The summed E-state index contributed by atoms with van der Waals surface area (Å²) in [6.07, 6.45) is 4.67. The molecular formula is C24H30N2O4. The number of ether oxygens (including phenoxy) is 1. The zero-order valence-electron chi connectivity index (χ0n) is 18.1. The van der Waals surface area contributed by atoms with Crippen LogP contribution in [0, 0.1) is 6.92 Å². The number of aliphatic carboxylic acids is 1. The molecule has 2 amide bonds. The van der Waals surface area contributed by atoms with E-state index in [4.69, 9.17) is 9.84 Å². The van der Waals surface area contributed by atoms with E-state index in [9.17, 15) is 9.59 Å². The molecule has 0 fully saturated rings. The van der Waals surface area contributed by atoms with Crippen LogP contribution in [-0.4, -0.2) is 37.8 Å². The van der Waals surface area contributed by atoms with E-state index < -0.39 is 5.97 Å². The maximum Gasteiger partial charge on any atom is 0.371 e. The lowest BCUT2D eigenvalue weighted by Crippen LogP contribution is -2.37. The molecule has 0 unspecified atom stereocenters. The highest BCUT2D eigenvalue weighted by Crippen LogP contribution is 2.28. The van der Waals surface area contributed by atoms with Crippen LogP contribution in [0.4, 0.5) is 10.5 Å². The first-order valence-corrected chi connectivity index (χ1v) is 10.1. The van der Waals surface area contributed by atoms with E-state index in [1.807, 2.05) is 49.4 Å². The number of carbonyl (C=O) groups is 2. The number of benzene rings is 2. The van der Waals surface area contributed by atoms with Gasteiger partial charge in [0.05, 0.1) is 7.11 Å². The Labute approximate surface area is 178 Å². The van der Waals surface area contributed by atoms with Crippen molar-refractivity contribution >= 4 is 23.8 Å². The number of nitrogens with zero attached hydrogens (tertiary/aromatic N) is 1. The molecule has 6 heteroatoms. The van der Waals surface area contributed by atoms with E-state index in [0.29, 0.717) is 6.54 Å². The Balaban J connectivity index is 2.20. The number of amides is 2. The van der Waals surface area contributed by atoms with Gasteiger partial charge in [0.1, 0.15) is 0 Å². The number of unbranched alkanes of at least 4 members (excludes halogenated alkanes) is 2. The van der Waals surface area contributed by atoms with E-state index in [1.54, 1.807) is 11.9 Å². The number of rotatable bonds is 9. The molecule has 0 aliphatic rings. The fourth-order valence-electron chi connectivity index (χ4n) is 3.05. The predicted octanol–water partition coefficient (Wildman–Crippen LogP) is 5.07. The highest BCUT2D eigenvalue weighted by Gasteiger charge is 2.13. The Hall–Kier alpha value is -3.28. The van der Waals surface area contributed by atoms with E-state index in [0.717, 1.165) is 47.2 Å². The average Bonchev–Trinajstić information content (AvgIpc) is 2.75.